The van der Waals surface area contributed by atoms with Crippen molar-refractivity contribution in [1.82, 2.24) is 10.4 Å². The first-order valence-electron chi connectivity index (χ1n) is 6.40. The molecule has 0 aromatic heterocycles. The maximum absolute atomic E-state index is 5.54. The maximum atomic E-state index is 5.54. The minimum Gasteiger partial charge on any atom is -0.352 e. The first kappa shape index (κ1) is 12.9. The summed E-state index contributed by atoms with van der Waals surface area (Å²) >= 11 is 0. The Hall–Kier alpha value is -0.120. The maximum Gasteiger partial charge on any atom is 0.147 e. The number of unbranched alkanes of at least 4 members (excludes halogenated alkanes) is 4. The highest BCUT2D eigenvalue weighted by Crippen LogP contribution is 2.25. The highest BCUT2D eigenvalue weighted by atomic mass is 16.6. The molecule has 1 N–H and O–H groups in total. The Balaban J connectivity index is 1.88. The van der Waals surface area contributed by atoms with Gasteiger partial charge in [-0.1, -0.05) is 46.0 Å². The van der Waals surface area contributed by atoms with Crippen LogP contribution in [0.15, 0.2) is 0 Å². The topological polar surface area (TPSA) is 27.8 Å². The number of epoxide rings is 1. The molecule has 2 atom stereocenters. The molecule has 0 aromatic rings. The molecular formula is C12H26N2O. The van der Waals surface area contributed by atoms with Gasteiger partial charge >= 0.3 is 0 Å². The molecule has 1 heterocycles. The fourth-order valence-electron chi connectivity index (χ4n) is 1.73. The van der Waals surface area contributed by atoms with Gasteiger partial charge in [-0.15, -0.1) is 0 Å². The third kappa shape index (κ3) is 5.50. The van der Waals surface area contributed by atoms with Crippen LogP contribution in [-0.4, -0.2) is 30.9 Å². The monoisotopic (exact) mass is 214 g/mol. The summed E-state index contributed by atoms with van der Waals surface area (Å²) in [6, 6.07) is 0. The Labute approximate surface area is 94.1 Å². The van der Waals surface area contributed by atoms with E-state index in [1.54, 1.807) is 0 Å². The average Bonchev–Trinajstić information content (AvgIpc) is 2.96. The molecule has 0 aromatic carbocycles. The smallest absolute Gasteiger partial charge is 0.147 e. The Bertz CT molecular complexity index is 164. The van der Waals surface area contributed by atoms with E-state index >= 15 is 0 Å². The summed E-state index contributed by atoms with van der Waals surface area (Å²) in [5.74, 6) is 0. The van der Waals surface area contributed by atoms with Crippen LogP contribution in [0, 0.1) is 0 Å². The van der Waals surface area contributed by atoms with Crippen LogP contribution in [0.1, 0.15) is 52.4 Å². The molecular weight excluding hydrogens is 188 g/mol. The van der Waals surface area contributed by atoms with E-state index in [1.165, 1.54) is 38.5 Å². The first-order chi connectivity index (χ1) is 7.27. The van der Waals surface area contributed by atoms with Crippen molar-refractivity contribution in [2.45, 2.75) is 64.7 Å². The summed E-state index contributed by atoms with van der Waals surface area (Å²) in [5, 5.41) is 2.09. The predicted octanol–water partition coefficient (Wildman–Crippen LogP) is 2.53. The number of ether oxygens (including phenoxy) is 1. The van der Waals surface area contributed by atoms with Gasteiger partial charge < -0.3 is 4.74 Å². The van der Waals surface area contributed by atoms with Crippen LogP contribution in [0.2, 0.25) is 0 Å². The molecule has 3 nitrogen and oxygen atoms in total. The van der Waals surface area contributed by atoms with Crippen LogP contribution in [0.4, 0.5) is 0 Å². The van der Waals surface area contributed by atoms with Crippen LogP contribution >= 0.6 is 0 Å². The van der Waals surface area contributed by atoms with Gasteiger partial charge in [0.2, 0.25) is 0 Å². The van der Waals surface area contributed by atoms with Gasteiger partial charge in [0.25, 0.3) is 0 Å². The van der Waals surface area contributed by atoms with Gasteiger partial charge in [0.05, 0.1) is 0 Å². The van der Waals surface area contributed by atoms with Crippen LogP contribution in [0.25, 0.3) is 0 Å². The van der Waals surface area contributed by atoms with E-state index < -0.39 is 0 Å². The van der Waals surface area contributed by atoms with Crippen LogP contribution in [0.3, 0.4) is 0 Å². The molecule has 1 aliphatic heterocycles. The number of hydrogen-bond acceptors (Lipinski definition) is 3. The van der Waals surface area contributed by atoms with Crippen LogP contribution in [-0.2, 0) is 4.74 Å². The first-order valence-corrected chi connectivity index (χ1v) is 6.40. The van der Waals surface area contributed by atoms with E-state index in [0.717, 1.165) is 6.54 Å². The quantitative estimate of drug-likeness (QED) is 0.363. The second kappa shape index (κ2) is 7.20. The largest absolute Gasteiger partial charge is 0.352 e. The van der Waals surface area contributed by atoms with Gasteiger partial charge in [0.15, 0.2) is 0 Å². The molecule has 0 saturated carbocycles. The molecule has 0 bridgehead atoms. The fourth-order valence-corrected chi connectivity index (χ4v) is 1.73. The fraction of sp³-hybridized carbons (Fsp3) is 1.00. The molecule has 0 radical (unpaired) electrons. The third-order valence-electron chi connectivity index (χ3n) is 3.00. The third-order valence-corrected chi connectivity index (χ3v) is 3.00. The molecule has 0 aliphatic carbocycles. The summed E-state index contributed by atoms with van der Waals surface area (Å²) in [4.78, 5) is 0. The van der Waals surface area contributed by atoms with Crippen LogP contribution in [0.5, 0.6) is 0 Å². The lowest BCUT2D eigenvalue weighted by atomic mass is 10.1. The van der Waals surface area contributed by atoms with Gasteiger partial charge in [0.1, 0.15) is 12.3 Å². The molecule has 0 spiro atoms. The Morgan fingerprint density at radius 2 is 1.87 bits per heavy atom. The zero-order chi connectivity index (χ0) is 11.1. The summed E-state index contributed by atoms with van der Waals surface area (Å²) < 4.78 is 5.54. The second-order valence-electron chi connectivity index (χ2n) is 4.44. The SMILES string of the molecule is CCCCCCCC1OC1NN(C)CC. The molecule has 1 rings (SSSR count). The lowest BCUT2D eigenvalue weighted by Gasteiger charge is -2.13. The van der Waals surface area contributed by atoms with Gasteiger partial charge in [0, 0.05) is 13.6 Å². The molecule has 1 fully saturated rings. The molecule has 2 unspecified atom stereocenters. The number of hydrazine groups is 1. The van der Waals surface area contributed by atoms with Gasteiger partial charge in [-0.3, -0.25) is 0 Å². The Morgan fingerprint density at radius 3 is 2.53 bits per heavy atom. The second-order valence-corrected chi connectivity index (χ2v) is 4.44. The minimum atomic E-state index is 0.293. The average molecular weight is 214 g/mol. The van der Waals surface area contributed by atoms with Crippen molar-refractivity contribution in [3.8, 4) is 0 Å². The van der Waals surface area contributed by atoms with Crippen molar-refractivity contribution < 1.29 is 4.74 Å². The lowest BCUT2D eigenvalue weighted by molar-refractivity contribution is 0.192. The summed E-state index contributed by atoms with van der Waals surface area (Å²) in [7, 11) is 2.06. The molecule has 3 heteroatoms. The van der Waals surface area contributed by atoms with E-state index in [9.17, 15) is 0 Å². The van der Waals surface area contributed by atoms with Crippen molar-refractivity contribution in [3.05, 3.63) is 0 Å². The van der Waals surface area contributed by atoms with Crippen molar-refractivity contribution in [2.24, 2.45) is 0 Å². The number of hydrogen-bond donors (Lipinski definition) is 1. The van der Waals surface area contributed by atoms with E-state index in [2.05, 4.69) is 31.3 Å². The van der Waals surface area contributed by atoms with Crippen molar-refractivity contribution in [3.63, 3.8) is 0 Å². The highest BCUT2D eigenvalue weighted by Gasteiger charge is 2.38. The molecule has 0 amide bonds. The molecule has 15 heavy (non-hydrogen) atoms. The van der Waals surface area contributed by atoms with Crippen molar-refractivity contribution >= 4 is 0 Å². The predicted molar refractivity (Wildman–Crippen MR) is 63.5 cm³/mol. The van der Waals surface area contributed by atoms with E-state index in [-0.39, 0.29) is 0 Å². The standard InChI is InChI=1S/C12H26N2O/c1-4-6-7-8-9-10-11-12(15-11)13-14(3)5-2/h11-13H,4-10H2,1-3H3. The summed E-state index contributed by atoms with van der Waals surface area (Å²) in [5.41, 5.74) is 3.32. The van der Waals surface area contributed by atoms with Gasteiger partial charge in [-0.2, -0.15) is 0 Å². The zero-order valence-electron chi connectivity index (χ0n) is 10.5. The Morgan fingerprint density at radius 1 is 1.13 bits per heavy atom. The van der Waals surface area contributed by atoms with Crippen molar-refractivity contribution in [1.29, 1.82) is 0 Å². The van der Waals surface area contributed by atoms with E-state index in [4.69, 9.17) is 4.74 Å². The Kier molecular flexibility index (Phi) is 6.22. The lowest BCUT2D eigenvalue weighted by Crippen LogP contribution is -2.37. The van der Waals surface area contributed by atoms with Crippen LogP contribution < -0.4 is 5.43 Å². The summed E-state index contributed by atoms with van der Waals surface area (Å²) in [6.45, 7) is 5.41. The number of rotatable bonds is 9. The minimum absolute atomic E-state index is 0.293. The normalized spacial score (nSPS) is 24.8. The molecule has 90 valence electrons. The molecule has 1 saturated heterocycles. The molecule has 1 aliphatic rings. The summed E-state index contributed by atoms with van der Waals surface area (Å²) in [6.07, 6.45) is 8.76. The number of nitrogens with one attached hydrogen (secondary N) is 1. The highest BCUT2D eigenvalue weighted by molar-refractivity contribution is 4.81. The van der Waals surface area contributed by atoms with E-state index in [0.29, 0.717) is 12.3 Å². The van der Waals surface area contributed by atoms with Crippen molar-refractivity contribution in [2.75, 3.05) is 13.6 Å². The number of nitrogens with zero attached hydrogens (tertiary/aromatic N) is 1. The van der Waals surface area contributed by atoms with E-state index in [1.807, 2.05) is 0 Å². The van der Waals surface area contributed by atoms with Gasteiger partial charge in [-0.25, -0.2) is 10.4 Å². The zero-order valence-corrected chi connectivity index (χ0v) is 10.5. The van der Waals surface area contributed by atoms with Gasteiger partial charge in [-0.05, 0) is 6.42 Å².